The fraction of sp³-hybridized carbons (Fsp3) is 0.533. The van der Waals surface area contributed by atoms with Crippen LogP contribution in [0.25, 0.3) is 0 Å². The molecule has 0 radical (unpaired) electrons. The summed E-state index contributed by atoms with van der Waals surface area (Å²) < 4.78 is 0. The first-order valence-corrected chi connectivity index (χ1v) is 6.82. The second-order valence-electron chi connectivity index (χ2n) is 4.54. The summed E-state index contributed by atoms with van der Waals surface area (Å²) in [5.41, 5.74) is 1.07. The van der Waals surface area contributed by atoms with Crippen molar-refractivity contribution in [2.75, 3.05) is 0 Å². The molecule has 94 valence electrons. The Bertz CT molecular complexity index is 336. The standard InChI is InChI=1S/C15H21ClO/c1-3-5-13(6-4-2)15(17)11-12-7-9-14(16)10-8-12/h7-10,13H,3-6,11H2,1-2H3. The quantitative estimate of drug-likeness (QED) is 0.689. The van der Waals surface area contributed by atoms with Gasteiger partial charge in [0.05, 0.1) is 0 Å². The Balaban J connectivity index is 2.59. The van der Waals surface area contributed by atoms with Crippen LogP contribution in [-0.4, -0.2) is 5.78 Å². The Labute approximate surface area is 109 Å². The van der Waals surface area contributed by atoms with E-state index < -0.39 is 0 Å². The first-order chi connectivity index (χ1) is 8.17. The molecule has 0 N–H and O–H groups in total. The van der Waals surface area contributed by atoms with Gasteiger partial charge in [-0.25, -0.2) is 0 Å². The number of hydrogen-bond acceptors (Lipinski definition) is 1. The SMILES string of the molecule is CCCC(CCC)C(=O)Cc1ccc(Cl)cc1. The van der Waals surface area contributed by atoms with Crippen molar-refractivity contribution in [2.45, 2.75) is 46.0 Å². The van der Waals surface area contributed by atoms with Gasteiger partial charge in [0.25, 0.3) is 0 Å². The summed E-state index contributed by atoms with van der Waals surface area (Å²) in [6.45, 7) is 4.27. The van der Waals surface area contributed by atoms with E-state index in [2.05, 4.69) is 13.8 Å². The Hall–Kier alpha value is -0.820. The molecule has 2 heteroatoms. The van der Waals surface area contributed by atoms with Gasteiger partial charge in [-0.05, 0) is 30.5 Å². The van der Waals surface area contributed by atoms with Crippen molar-refractivity contribution in [1.29, 1.82) is 0 Å². The Kier molecular flexibility index (Phi) is 6.28. The molecule has 0 fully saturated rings. The molecule has 17 heavy (non-hydrogen) atoms. The zero-order chi connectivity index (χ0) is 12.7. The zero-order valence-electron chi connectivity index (χ0n) is 10.7. The fourth-order valence-electron chi connectivity index (χ4n) is 2.11. The predicted molar refractivity (Wildman–Crippen MR) is 73.5 cm³/mol. The molecule has 0 aliphatic carbocycles. The lowest BCUT2D eigenvalue weighted by Crippen LogP contribution is -2.16. The van der Waals surface area contributed by atoms with Gasteiger partial charge in [-0.3, -0.25) is 4.79 Å². The lowest BCUT2D eigenvalue weighted by molar-refractivity contribution is -0.122. The highest BCUT2D eigenvalue weighted by molar-refractivity contribution is 6.30. The van der Waals surface area contributed by atoms with E-state index >= 15 is 0 Å². The van der Waals surface area contributed by atoms with Gasteiger partial charge in [0.15, 0.2) is 0 Å². The molecule has 0 saturated heterocycles. The van der Waals surface area contributed by atoms with Crippen molar-refractivity contribution in [3.05, 3.63) is 34.9 Å². The van der Waals surface area contributed by atoms with Crippen molar-refractivity contribution in [1.82, 2.24) is 0 Å². The molecule has 0 saturated carbocycles. The van der Waals surface area contributed by atoms with Crippen molar-refractivity contribution in [3.8, 4) is 0 Å². The lowest BCUT2D eigenvalue weighted by atomic mass is 9.90. The number of hydrogen-bond donors (Lipinski definition) is 0. The number of carbonyl (C=O) groups is 1. The highest BCUT2D eigenvalue weighted by Gasteiger charge is 2.16. The van der Waals surface area contributed by atoms with Crippen molar-refractivity contribution < 1.29 is 4.79 Å². The van der Waals surface area contributed by atoms with E-state index in [1.807, 2.05) is 24.3 Å². The molecule has 1 rings (SSSR count). The number of carbonyl (C=O) groups excluding carboxylic acids is 1. The fourth-order valence-corrected chi connectivity index (χ4v) is 2.24. The van der Waals surface area contributed by atoms with Crippen LogP contribution in [0.4, 0.5) is 0 Å². The number of rotatable bonds is 7. The summed E-state index contributed by atoms with van der Waals surface area (Å²) in [4.78, 5) is 12.1. The van der Waals surface area contributed by atoms with Gasteiger partial charge in [0, 0.05) is 17.4 Å². The van der Waals surface area contributed by atoms with E-state index in [1.165, 1.54) is 0 Å². The molecule has 0 unspecified atom stereocenters. The third-order valence-corrected chi connectivity index (χ3v) is 3.27. The number of ketones is 1. The van der Waals surface area contributed by atoms with Crippen molar-refractivity contribution in [2.24, 2.45) is 5.92 Å². The first-order valence-electron chi connectivity index (χ1n) is 6.44. The third-order valence-electron chi connectivity index (χ3n) is 3.02. The number of halogens is 1. The third kappa shape index (κ3) is 4.91. The van der Waals surface area contributed by atoms with Gasteiger partial charge in [-0.2, -0.15) is 0 Å². The van der Waals surface area contributed by atoms with Gasteiger partial charge in [-0.1, -0.05) is 50.4 Å². The summed E-state index contributed by atoms with van der Waals surface area (Å²) in [6.07, 6.45) is 4.73. The largest absolute Gasteiger partial charge is 0.299 e. The van der Waals surface area contributed by atoms with Crippen LogP contribution in [0.5, 0.6) is 0 Å². The van der Waals surface area contributed by atoms with Gasteiger partial charge in [0.2, 0.25) is 0 Å². The minimum atomic E-state index is 0.237. The molecule has 0 heterocycles. The Morgan fingerprint density at radius 1 is 1.12 bits per heavy atom. The second kappa shape index (κ2) is 7.50. The molecule has 0 bridgehead atoms. The van der Waals surface area contributed by atoms with E-state index in [0.717, 1.165) is 36.3 Å². The average molecular weight is 253 g/mol. The van der Waals surface area contributed by atoms with Crippen LogP contribution in [0.1, 0.15) is 45.1 Å². The Morgan fingerprint density at radius 2 is 1.65 bits per heavy atom. The van der Waals surface area contributed by atoms with E-state index in [4.69, 9.17) is 11.6 Å². The van der Waals surface area contributed by atoms with E-state index in [9.17, 15) is 4.79 Å². The molecule has 0 aliphatic heterocycles. The monoisotopic (exact) mass is 252 g/mol. The normalized spacial score (nSPS) is 10.8. The van der Waals surface area contributed by atoms with Gasteiger partial charge in [0.1, 0.15) is 5.78 Å². The highest BCUT2D eigenvalue weighted by atomic mass is 35.5. The molecule has 0 atom stereocenters. The highest BCUT2D eigenvalue weighted by Crippen LogP contribution is 2.18. The van der Waals surface area contributed by atoms with Crippen molar-refractivity contribution >= 4 is 17.4 Å². The topological polar surface area (TPSA) is 17.1 Å². The van der Waals surface area contributed by atoms with E-state index in [-0.39, 0.29) is 5.92 Å². The maximum Gasteiger partial charge on any atom is 0.140 e. The van der Waals surface area contributed by atoms with Gasteiger partial charge in [-0.15, -0.1) is 0 Å². The molecule has 1 nitrogen and oxygen atoms in total. The average Bonchev–Trinajstić information content (AvgIpc) is 2.32. The Morgan fingerprint density at radius 3 is 2.12 bits per heavy atom. The molecule has 1 aromatic rings. The van der Waals surface area contributed by atoms with E-state index in [0.29, 0.717) is 12.2 Å². The van der Waals surface area contributed by atoms with Crippen LogP contribution < -0.4 is 0 Å². The smallest absolute Gasteiger partial charge is 0.140 e. The van der Waals surface area contributed by atoms with Crippen LogP contribution in [0.3, 0.4) is 0 Å². The maximum atomic E-state index is 12.1. The molecule has 0 spiro atoms. The minimum absolute atomic E-state index is 0.237. The van der Waals surface area contributed by atoms with Crippen LogP contribution in [0.15, 0.2) is 24.3 Å². The number of benzene rings is 1. The zero-order valence-corrected chi connectivity index (χ0v) is 11.5. The summed E-state index contributed by atoms with van der Waals surface area (Å²) in [7, 11) is 0. The second-order valence-corrected chi connectivity index (χ2v) is 4.98. The van der Waals surface area contributed by atoms with Crippen LogP contribution in [0, 0.1) is 5.92 Å². The summed E-state index contributed by atoms with van der Waals surface area (Å²) in [5, 5.41) is 0.722. The lowest BCUT2D eigenvalue weighted by Gasteiger charge is -2.13. The van der Waals surface area contributed by atoms with Crippen LogP contribution in [-0.2, 0) is 11.2 Å². The van der Waals surface area contributed by atoms with Crippen molar-refractivity contribution in [3.63, 3.8) is 0 Å². The molecule has 1 aromatic carbocycles. The maximum absolute atomic E-state index is 12.1. The summed E-state index contributed by atoms with van der Waals surface area (Å²) in [6, 6.07) is 7.57. The van der Waals surface area contributed by atoms with Gasteiger partial charge < -0.3 is 0 Å². The first kappa shape index (κ1) is 14.2. The molecule has 0 aliphatic rings. The molecular formula is C15H21ClO. The summed E-state index contributed by atoms with van der Waals surface area (Å²) in [5.74, 6) is 0.608. The number of Topliss-reactive ketones (excluding diaryl/α,β-unsaturated/α-hetero) is 1. The van der Waals surface area contributed by atoms with E-state index in [1.54, 1.807) is 0 Å². The van der Waals surface area contributed by atoms with Crippen LogP contribution in [0.2, 0.25) is 5.02 Å². The van der Waals surface area contributed by atoms with Crippen LogP contribution >= 0.6 is 11.6 Å². The minimum Gasteiger partial charge on any atom is -0.299 e. The van der Waals surface area contributed by atoms with Gasteiger partial charge >= 0.3 is 0 Å². The summed E-state index contributed by atoms with van der Waals surface area (Å²) >= 11 is 5.83. The molecule has 0 aromatic heterocycles. The molecule has 0 amide bonds. The predicted octanol–water partition coefficient (Wildman–Crippen LogP) is 4.67. The molecular weight excluding hydrogens is 232 g/mol.